The number of hydrogen-bond acceptors (Lipinski definition) is 2. The van der Waals surface area contributed by atoms with E-state index in [0.29, 0.717) is 5.56 Å². The predicted molar refractivity (Wildman–Crippen MR) is 91.6 cm³/mol. The molecule has 1 heterocycles. The van der Waals surface area contributed by atoms with Gasteiger partial charge in [0.1, 0.15) is 5.76 Å². The normalized spacial score (nSPS) is 10.8. The molecule has 2 nitrogen and oxygen atoms in total. The molecule has 0 saturated carbocycles. The van der Waals surface area contributed by atoms with Gasteiger partial charge >= 0.3 is 0 Å². The van der Waals surface area contributed by atoms with Crippen molar-refractivity contribution < 1.29 is 9.21 Å². The minimum absolute atomic E-state index is 0.653. The lowest BCUT2D eigenvalue weighted by Gasteiger charge is -2.13. The summed E-state index contributed by atoms with van der Waals surface area (Å²) in [5.74, 6) is 0.729. The zero-order valence-electron chi connectivity index (χ0n) is 12.4. The van der Waals surface area contributed by atoms with E-state index in [1.807, 2.05) is 72.8 Å². The second-order valence-corrected chi connectivity index (χ2v) is 5.41. The zero-order chi connectivity index (χ0) is 15.6. The molecule has 2 aromatic rings. The SMILES string of the molecule is O=Cc1ccc2c(-c3ccccc3)coc(-c3ccccc3)c1-2. The maximum absolute atomic E-state index is 11.5. The molecule has 0 fully saturated rings. The summed E-state index contributed by atoms with van der Waals surface area (Å²) in [6.07, 6.45) is 2.66. The number of aldehydes is 1. The number of fused-ring (bicyclic) bond motifs is 1. The van der Waals surface area contributed by atoms with Crippen LogP contribution in [0.5, 0.6) is 0 Å². The molecule has 0 spiro atoms. The van der Waals surface area contributed by atoms with Gasteiger partial charge in [0.25, 0.3) is 0 Å². The van der Waals surface area contributed by atoms with Gasteiger partial charge in [0, 0.05) is 22.3 Å². The highest BCUT2D eigenvalue weighted by molar-refractivity contribution is 6.00. The van der Waals surface area contributed by atoms with Crippen molar-refractivity contribution in [3.05, 3.63) is 84.6 Å². The smallest absolute Gasteiger partial charge is 0.150 e. The first-order valence-electron chi connectivity index (χ1n) is 7.48. The third-order valence-corrected chi connectivity index (χ3v) is 4.05. The van der Waals surface area contributed by atoms with E-state index in [4.69, 9.17) is 4.42 Å². The molecule has 0 bridgehead atoms. The number of benzene rings is 2. The van der Waals surface area contributed by atoms with Gasteiger partial charge in [0.05, 0.1) is 6.26 Å². The highest BCUT2D eigenvalue weighted by Crippen LogP contribution is 2.43. The van der Waals surface area contributed by atoms with E-state index in [1.54, 1.807) is 6.26 Å². The van der Waals surface area contributed by atoms with Crippen LogP contribution in [0.2, 0.25) is 0 Å². The Balaban J connectivity index is 2.00. The largest absolute Gasteiger partial charge is 0.463 e. The Hall–Kier alpha value is -3.13. The van der Waals surface area contributed by atoms with Gasteiger partial charge in [0.2, 0.25) is 0 Å². The van der Waals surface area contributed by atoms with Gasteiger partial charge in [-0.15, -0.1) is 0 Å². The summed E-state index contributed by atoms with van der Waals surface area (Å²) >= 11 is 0. The molecule has 2 aromatic carbocycles. The monoisotopic (exact) mass is 298 g/mol. The van der Waals surface area contributed by atoms with Crippen LogP contribution < -0.4 is 0 Å². The third-order valence-electron chi connectivity index (χ3n) is 4.05. The number of carbonyl (C=O) groups excluding carboxylic acids is 1. The molecule has 4 rings (SSSR count). The molecular formula is C21H14O2. The summed E-state index contributed by atoms with van der Waals surface area (Å²) in [6.45, 7) is 0. The first-order valence-corrected chi connectivity index (χ1v) is 7.48. The van der Waals surface area contributed by atoms with Crippen LogP contribution in [0.25, 0.3) is 33.6 Å². The number of rotatable bonds is 3. The molecule has 0 aromatic heterocycles. The lowest BCUT2D eigenvalue weighted by Crippen LogP contribution is -1.91. The van der Waals surface area contributed by atoms with Crippen LogP contribution in [0.3, 0.4) is 0 Å². The van der Waals surface area contributed by atoms with Gasteiger partial charge in [-0.3, -0.25) is 4.79 Å². The summed E-state index contributed by atoms with van der Waals surface area (Å²) in [5.41, 5.74) is 5.58. The zero-order valence-corrected chi connectivity index (χ0v) is 12.4. The Kier molecular flexibility index (Phi) is 3.28. The average molecular weight is 298 g/mol. The maximum Gasteiger partial charge on any atom is 0.150 e. The fourth-order valence-electron chi connectivity index (χ4n) is 2.95. The highest BCUT2D eigenvalue weighted by atomic mass is 16.3. The van der Waals surface area contributed by atoms with Crippen molar-refractivity contribution >= 4 is 6.29 Å². The maximum atomic E-state index is 11.5. The fraction of sp³-hybridized carbons (Fsp3) is 0. The molecule has 0 N–H and O–H groups in total. The van der Waals surface area contributed by atoms with E-state index >= 15 is 0 Å². The predicted octanol–water partition coefficient (Wildman–Crippen LogP) is 5.53. The number of hydrogen-bond donors (Lipinski definition) is 0. The lowest BCUT2D eigenvalue weighted by atomic mass is 9.95. The molecule has 0 saturated heterocycles. The van der Waals surface area contributed by atoms with Crippen LogP contribution in [0.15, 0.2) is 83.5 Å². The second kappa shape index (κ2) is 5.58. The van der Waals surface area contributed by atoms with Crippen LogP contribution in [-0.4, -0.2) is 6.29 Å². The van der Waals surface area contributed by atoms with Gasteiger partial charge < -0.3 is 4.42 Å². The van der Waals surface area contributed by atoms with E-state index in [0.717, 1.165) is 39.9 Å². The minimum atomic E-state index is 0.653. The molecule has 0 radical (unpaired) electrons. The molecule has 0 amide bonds. The summed E-state index contributed by atoms with van der Waals surface area (Å²) in [5, 5.41) is 0. The molecule has 110 valence electrons. The van der Waals surface area contributed by atoms with Crippen LogP contribution in [-0.2, 0) is 0 Å². The molecule has 0 atom stereocenters. The van der Waals surface area contributed by atoms with Crippen LogP contribution in [0.4, 0.5) is 0 Å². The Morgan fingerprint density at radius 2 is 1.35 bits per heavy atom. The first kappa shape index (κ1) is 13.5. The lowest BCUT2D eigenvalue weighted by molar-refractivity contribution is 0.112. The summed E-state index contributed by atoms with van der Waals surface area (Å²) < 4.78 is 5.95. The average Bonchev–Trinajstić information content (AvgIpc) is 3.06. The minimum Gasteiger partial charge on any atom is -0.463 e. The van der Waals surface area contributed by atoms with Gasteiger partial charge in [-0.25, -0.2) is 0 Å². The van der Waals surface area contributed by atoms with Gasteiger partial charge in [-0.2, -0.15) is 0 Å². The van der Waals surface area contributed by atoms with Gasteiger partial charge in [-0.05, 0) is 11.1 Å². The highest BCUT2D eigenvalue weighted by Gasteiger charge is 2.21. The first-order chi connectivity index (χ1) is 11.4. The van der Waals surface area contributed by atoms with E-state index in [2.05, 4.69) is 0 Å². The summed E-state index contributed by atoms with van der Waals surface area (Å²) in [7, 11) is 0. The van der Waals surface area contributed by atoms with Crippen LogP contribution >= 0.6 is 0 Å². The molecule has 1 aliphatic heterocycles. The summed E-state index contributed by atoms with van der Waals surface area (Å²) in [6, 6.07) is 23.8. The van der Waals surface area contributed by atoms with Crippen molar-refractivity contribution in [1.82, 2.24) is 0 Å². The van der Waals surface area contributed by atoms with Crippen LogP contribution in [0.1, 0.15) is 10.4 Å². The standard InChI is InChI=1S/C21H14O2/c22-13-17-11-12-18-19(15-7-3-1-4-8-15)14-23-21(20(17)18)16-9-5-2-6-10-16/h1-14H. The van der Waals surface area contributed by atoms with Crippen molar-refractivity contribution in [3.63, 3.8) is 0 Å². The van der Waals surface area contributed by atoms with Gasteiger partial charge in [0.15, 0.2) is 6.29 Å². The van der Waals surface area contributed by atoms with Gasteiger partial charge in [-0.1, -0.05) is 72.8 Å². The van der Waals surface area contributed by atoms with E-state index in [9.17, 15) is 4.79 Å². The quantitative estimate of drug-likeness (QED) is 0.465. The third kappa shape index (κ3) is 2.25. The Labute approximate surface area is 134 Å². The van der Waals surface area contributed by atoms with Crippen molar-refractivity contribution in [2.24, 2.45) is 0 Å². The van der Waals surface area contributed by atoms with Crippen LogP contribution in [0, 0.1) is 0 Å². The molecule has 2 heteroatoms. The summed E-state index contributed by atoms with van der Waals surface area (Å²) in [4.78, 5) is 11.5. The van der Waals surface area contributed by atoms with Crippen molar-refractivity contribution in [1.29, 1.82) is 0 Å². The van der Waals surface area contributed by atoms with Crippen molar-refractivity contribution in [3.8, 4) is 33.6 Å². The topological polar surface area (TPSA) is 30.2 Å². The van der Waals surface area contributed by atoms with E-state index < -0.39 is 0 Å². The molecule has 0 unspecified atom stereocenters. The Morgan fingerprint density at radius 3 is 2.00 bits per heavy atom. The van der Waals surface area contributed by atoms with Crippen molar-refractivity contribution in [2.45, 2.75) is 0 Å². The molecule has 2 aliphatic rings. The molecular weight excluding hydrogens is 284 g/mol. The molecule has 1 aliphatic carbocycles. The Morgan fingerprint density at radius 1 is 0.696 bits per heavy atom. The van der Waals surface area contributed by atoms with E-state index in [-0.39, 0.29) is 0 Å². The number of carbonyl (C=O) groups is 1. The van der Waals surface area contributed by atoms with E-state index in [1.165, 1.54) is 0 Å². The molecule has 23 heavy (non-hydrogen) atoms. The second-order valence-electron chi connectivity index (χ2n) is 5.41. The van der Waals surface area contributed by atoms with Crippen molar-refractivity contribution in [2.75, 3.05) is 0 Å². The Bertz CT molecular complexity index is 921. The fourth-order valence-corrected chi connectivity index (χ4v) is 2.95.